The monoisotopic (exact) mass is 958 g/mol. The average Bonchev–Trinajstić information content (AvgIpc) is 3.34. The summed E-state index contributed by atoms with van der Waals surface area (Å²) in [5.41, 5.74) is 0. The van der Waals surface area contributed by atoms with Gasteiger partial charge in [-0.1, -0.05) is 289 Å². The second kappa shape index (κ2) is 57.9. The SMILES string of the molecule is CCCCCCCCCCCCC/C=C/C(O)C(CO)NC(=O)CCCCCCCCC/C=C\CCCCCCCCCCCOC(=O)CCCCCCCCCCCCCCCCCCCC. The van der Waals surface area contributed by atoms with Gasteiger partial charge < -0.3 is 20.3 Å². The molecule has 0 heterocycles. The summed E-state index contributed by atoms with van der Waals surface area (Å²) in [6.07, 6.45) is 70.7. The van der Waals surface area contributed by atoms with Crippen LogP contribution in [-0.2, 0) is 14.3 Å². The van der Waals surface area contributed by atoms with Gasteiger partial charge in [0, 0.05) is 12.8 Å². The molecule has 2 atom stereocenters. The van der Waals surface area contributed by atoms with Gasteiger partial charge in [-0.25, -0.2) is 0 Å². The first-order valence-electron chi connectivity index (χ1n) is 30.6. The predicted molar refractivity (Wildman–Crippen MR) is 296 cm³/mol. The zero-order valence-corrected chi connectivity index (χ0v) is 45.9. The summed E-state index contributed by atoms with van der Waals surface area (Å²) in [6.45, 7) is 4.91. The minimum Gasteiger partial charge on any atom is -0.466 e. The minimum absolute atomic E-state index is 0.0101. The Labute approximate surface area is 424 Å². The third-order valence-corrected chi connectivity index (χ3v) is 14.2. The molecule has 1 amide bonds. The lowest BCUT2D eigenvalue weighted by Crippen LogP contribution is -2.45. The van der Waals surface area contributed by atoms with Crippen molar-refractivity contribution < 1.29 is 24.5 Å². The highest BCUT2D eigenvalue weighted by Crippen LogP contribution is 2.17. The molecule has 402 valence electrons. The highest BCUT2D eigenvalue weighted by atomic mass is 16.5. The zero-order valence-electron chi connectivity index (χ0n) is 45.9. The highest BCUT2D eigenvalue weighted by molar-refractivity contribution is 5.76. The van der Waals surface area contributed by atoms with E-state index in [-0.39, 0.29) is 18.5 Å². The third kappa shape index (κ3) is 53.7. The van der Waals surface area contributed by atoms with Crippen molar-refractivity contribution in [3.8, 4) is 0 Å². The van der Waals surface area contributed by atoms with Gasteiger partial charge in [0.05, 0.1) is 25.4 Å². The number of aliphatic hydroxyl groups is 2. The molecule has 0 aromatic carbocycles. The van der Waals surface area contributed by atoms with Crippen LogP contribution < -0.4 is 5.32 Å². The van der Waals surface area contributed by atoms with E-state index in [0.717, 1.165) is 44.9 Å². The zero-order chi connectivity index (χ0) is 49.3. The lowest BCUT2D eigenvalue weighted by atomic mass is 10.0. The molecule has 0 aromatic rings. The Kier molecular flexibility index (Phi) is 56.5. The molecule has 0 aliphatic carbocycles. The molecule has 0 aromatic heterocycles. The van der Waals surface area contributed by atoms with Gasteiger partial charge in [-0.15, -0.1) is 0 Å². The number of nitrogens with one attached hydrogen (secondary N) is 1. The molecule has 0 aliphatic heterocycles. The number of hydrogen-bond acceptors (Lipinski definition) is 5. The van der Waals surface area contributed by atoms with E-state index < -0.39 is 12.1 Å². The van der Waals surface area contributed by atoms with E-state index >= 15 is 0 Å². The number of unbranched alkanes of at least 4 members (excludes halogenated alkanes) is 44. The second-order valence-electron chi connectivity index (χ2n) is 21.0. The fraction of sp³-hybridized carbons (Fsp3) is 0.903. The third-order valence-electron chi connectivity index (χ3n) is 14.2. The molecular formula is C62H119NO5. The minimum atomic E-state index is -0.849. The number of hydrogen-bond donors (Lipinski definition) is 3. The van der Waals surface area contributed by atoms with Gasteiger partial charge in [0.15, 0.2) is 0 Å². The topological polar surface area (TPSA) is 95.9 Å². The molecule has 0 fully saturated rings. The predicted octanol–water partition coefficient (Wildman–Crippen LogP) is 19.0. The van der Waals surface area contributed by atoms with Crippen molar-refractivity contribution in [2.45, 2.75) is 347 Å². The Morgan fingerprint density at radius 3 is 1.04 bits per heavy atom. The molecule has 0 aliphatic rings. The van der Waals surface area contributed by atoms with Crippen LogP contribution in [0.1, 0.15) is 335 Å². The van der Waals surface area contributed by atoms with Crippen LogP contribution in [0.15, 0.2) is 24.3 Å². The number of carbonyl (C=O) groups is 2. The Bertz CT molecular complexity index is 1060. The Balaban J connectivity index is 3.42. The maximum atomic E-state index is 12.4. The van der Waals surface area contributed by atoms with Crippen LogP contribution in [0.5, 0.6) is 0 Å². The van der Waals surface area contributed by atoms with E-state index in [1.807, 2.05) is 6.08 Å². The summed E-state index contributed by atoms with van der Waals surface area (Å²) >= 11 is 0. The van der Waals surface area contributed by atoms with E-state index in [4.69, 9.17) is 4.74 Å². The summed E-state index contributed by atoms with van der Waals surface area (Å²) in [5.74, 6) is -0.0659. The number of aliphatic hydroxyl groups excluding tert-OH is 2. The van der Waals surface area contributed by atoms with Crippen LogP contribution in [0.25, 0.3) is 0 Å². The van der Waals surface area contributed by atoms with Gasteiger partial charge in [0.1, 0.15) is 0 Å². The summed E-state index contributed by atoms with van der Waals surface area (Å²) in [6, 6.07) is -0.633. The van der Waals surface area contributed by atoms with Gasteiger partial charge in [-0.3, -0.25) is 9.59 Å². The summed E-state index contributed by atoms with van der Waals surface area (Å²) in [7, 11) is 0. The first-order chi connectivity index (χ1) is 33.5. The fourth-order valence-corrected chi connectivity index (χ4v) is 9.51. The molecule has 0 radical (unpaired) electrons. The van der Waals surface area contributed by atoms with Gasteiger partial charge in [0.2, 0.25) is 5.91 Å². The number of esters is 1. The van der Waals surface area contributed by atoms with Crippen LogP contribution in [0.3, 0.4) is 0 Å². The lowest BCUT2D eigenvalue weighted by Gasteiger charge is -2.20. The average molecular weight is 959 g/mol. The standard InChI is InChI=1S/C62H119NO5/c1-3-5-7-9-11-13-15-17-18-19-25-28-32-36-40-44-48-52-56-62(67)68-57-53-49-45-41-37-33-29-26-23-21-20-22-24-27-31-35-39-43-47-51-55-61(66)63-59(58-64)60(65)54-50-46-42-38-34-30-16-14-12-10-8-6-4-2/h20,22,50,54,59-60,64-65H,3-19,21,23-49,51-53,55-58H2,1-2H3,(H,63,66)/b22-20-,54-50+. The number of amides is 1. The van der Waals surface area contributed by atoms with Crippen molar-refractivity contribution in [1.82, 2.24) is 5.32 Å². The molecule has 3 N–H and O–H groups in total. The molecule has 0 bridgehead atoms. The van der Waals surface area contributed by atoms with Crippen molar-refractivity contribution in [1.29, 1.82) is 0 Å². The molecule has 6 nitrogen and oxygen atoms in total. The van der Waals surface area contributed by atoms with Crippen LogP contribution in [0.2, 0.25) is 0 Å². The Morgan fingerprint density at radius 2 is 0.691 bits per heavy atom. The Morgan fingerprint density at radius 1 is 0.397 bits per heavy atom. The first-order valence-corrected chi connectivity index (χ1v) is 30.6. The van der Waals surface area contributed by atoms with E-state index in [1.165, 1.54) is 263 Å². The molecule has 0 spiro atoms. The second-order valence-corrected chi connectivity index (χ2v) is 21.0. The molecule has 2 unspecified atom stereocenters. The van der Waals surface area contributed by atoms with Crippen molar-refractivity contribution in [2.75, 3.05) is 13.2 Å². The van der Waals surface area contributed by atoms with Crippen LogP contribution in [-0.4, -0.2) is 47.4 Å². The molecular weight excluding hydrogens is 839 g/mol. The van der Waals surface area contributed by atoms with Crippen molar-refractivity contribution in [3.63, 3.8) is 0 Å². The number of rotatable bonds is 57. The van der Waals surface area contributed by atoms with Crippen molar-refractivity contribution >= 4 is 11.9 Å². The molecule has 0 saturated carbocycles. The molecule has 6 heteroatoms. The van der Waals surface area contributed by atoms with Crippen LogP contribution >= 0.6 is 0 Å². The van der Waals surface area contributed by atoms with E-state index in [2.05, 4.69) is 31.3 Å². The smallest absolute Gasteiger partial charge is 0.305 e. The number of allylic oxidation sites excluding steroid dienone is 3. The van der Waals surface area contributed by atoms with Crippen molar-refractivity contribution in [3.05, 3.63) is 24.3 Å². The van der Waals surface area contributed by atoms with Gasteiger partial charge >= 0.3 is 5.97 Å². The number of carbonyl (C=O) groups excluding carboxylic acids is 2. The molecule has 0 rings (SSSR count). The van der Waals surface area contributed by atoms with E-state index in [1.54, 1.807) is 6.08 Å². The van der Waals surface area contributed by atoms with Crippen molar-refractivity contribution in [2.24, 2.45) is 0 Å². The number of ether oxygens (including phenoxy) is 1. The maximum absolute atomic E-state index is 12.4. The maximum Gasteiger partial charge on any atom is 0.305 e. The summed E-state index contributed by atoms with van der Waals surface area (Å²) in [4.78, 5) is 24.5. The highest BCUT2D eigenvalue weighted by Gasteiger charge is 2.18. The van der Waals surface area contributed by atoms with Gasteiger partial charge in [-0.05, 0) is 57.8 Å². The fourth-order valence-electron chi connectivity index (χ4n) is 9.51. The largest absolute Gasteiger partial charge is 0.466 e. The molecule has 68 heavy (non-hydrogen) atoms. The van der Waals surface area contributed by atoms with Gasteiger partial charge in [0.25, 0.3) is 0 Å². The molecule has 0 saturated heterocycles. The Hall–Kier alpha value is -1.66. The lowest BCUT2D eigenvalue weighted by molar-refractivity contribution is -0.143. The van der Waals surface area contributed by atoms with Crippen LogP contribution in [0.4, 0.5) is 0 Å². The first kappa shape index (κ1) is 66.3. The summed E-state index contributed by atoms with van der Waals surface area (Å²) in [5, 5.41) is 23.1. The van der Waals surface area contributed by atoms with Crippen LogP contribution in [0, 0.1) is 0 Å². The quantitative estimate of drug-likeness (QED) is 0.0321. The normalized spacial score (nSPS) is 12.7. The van der Waals surface area contributed by atoms with E-state index in [9.17, 15) is 19.8 Å². The van der Waals surface area contributed by atoms with Gasteiger partial charge in [-0.2, -0.15) is 0 Å². The van der Waals surface area contributed by atoms with E-state index in [0.29, 0.717) is 19.4 Å². The summed E-state index contributed by atoms with van der Waals surface area (Å²) < 4.78 is 5.49.